The molecule has 0 saturated carbocycles. The van der Waals surface area contributed by atoms with Crippen molar-refractivity contribution in [2.45, 2.75) is 19.3 Å². The van der Waals surface area contributed by atoms with Crippen LogP contribution in [0.3, 0.4) is 0 Å². The van der Waals surface area contributed by atoms with Gasteiger partial charge < -0.3 is 4.57 Å². The minimum Gasteiger partial charge on any atom is -0.309 e. The molecule has 0 aliphatic heterocycles. The highest BCUT2D eigenvalue weighted by atomic mass is 15.0. The van der Waals surface area contributed by atoms with Crippen LogP contribution >= 0.6 is 0 Å². The van der Waals surface area contributed by atoms with Gasteiger partial charge in [-0.2, -0.15) is 0 Å². The molecule has 3 aromatic heterocycles. The van der Waals surface area contributed by atoms with Crippen molar-refractivity contribution < 1.29 is 0 Å². The number of rotatable bonds is 4. The summed E-state index contributed by atoms with van der Waals surface area (Å²) < 4.78 is 2.37. The lowest BCUT2D eigenvalue weighted by Gasteiger charge is -2.24. The molecule has 4 heteroatoms. The Labute approximate surface area is 267 Å². The van der Waals surface area contributed by atoms with Gasteiger partial charge in [0.25, 0.3) is 0 Å². The number of pyridine rings is 1. The molecule has 3 heterocycles. The van der Waals surface area contributed by atoms with Crippen LogP contribution in [0.25, 0.3) is 72.5 Å². The maximum Gasteiger partial charge on any atom is 0.160 e. The fraction of sp³-hybridized carbons (Fsp3) is 0.0714. The summed E-state index contributed by atoms with van der Waals surface area (Å²) in [4.78, 5) is 14.9. The van der Waals surface area contributed by atoms with E-state index in [1.807, 2.05) is 12.3 Å². The lowest BCUT2D eigenvalue weighted by atomic mass is 9.81. The molecule has 218 valence electrons. The Morgan fingerprint density at radius 2 is 1.20 bits per heavy atom. The molecular formula is C42H30N4. The second-order valence-electron chi connectivity index (χ2n) is 12.5. The van der Waals surface area contributed by atoms with E-state index in [1.165, 1.54) is 38.5 Å². The molecule has 5 aromatic carbocycles. The summed E-state index contributed by atoms with van der Waals surface area (Å²) >= 11 is 0. The second-order valence-corrected chi connectivity index (χ2v) is 12.5. The van der Waals surface area contributed by atoms with Crippen molar-refractivity contribution in [2.24, 2.45) is 0 Å². The lowest BCUT2D eigenvalue weighted by Crippen LogP contribution is -2.17. The summed E-state index contributed by atoms with van der Waals surface area (Å²) in [5.74, 6) is 0.723. The monoisotopic (exact) mass is 590 g/mol. The van der Waals surface area contributed by atoms with Crippen molar-refractivity contribution in [3.05, 3.63) is 157 Å². The van der Waals surface area contributed by atoms with Gasteiger partial charge in [-0.15, -0.1) is 0 Å². The van der Waals surface area contributed by atoms with Gasteiger partial charge in [-0.25, -0.2) is 9.97 Å². The lowest BCUT2D eigenvalue weighted by molar-refractivity contribution is 0.658. The third-order valence-corrected chi connectivity index (χ3v) is 9.49. The molecule has 1 aliphatic rings. The average molecular weight is 591 g/mol. The Hall–Kier alpha value is -5.87. The topological polar surface area (TPSA) is 43.6 Å². The predicted octanol–water partition coefficient (Wildman–Crippen LogP) is 10.3. The highest BCUT2D eigenvalue weighted by Crippen LogP contribution is 2.51. The zero-order valence-electron chi connectivity index (χ0n) is 25.6. The van der Waals surface area contributed by atoms with E-state index in [9.17, 15) is 0 Å². The Kier molecular flexibility index (Phi) is 5.81. The molecule has 4 nitrogen and oxygen atoms in total. The molecule has 0 bridgehead atoms. The van der Waals surface area contributed by atoms with Crippen LogP contribution in [0.5, 0.6) is 0 Å². The molecular weight excluding hydrogens is 560 g/mol. The fourth-order valence-electron chi connectivity index (χ4n) is 7.29. The summed E-state index contributed by atoms with van der Waals surface area (Å²) in [6.07, 6.45) is 3.69. The Balaban J connectivity index is 1.26. The summed E-state index contributed by atoms with van der Waals surface area (Å²) in [7, 11) is 0. The van der Waals surface area contributed by atoms with E-state index >= 15 is 0 Å². The number of hydrogen-bond acceptors (Lipinski definition) is 3. The quantitative estimate of drug-likeness (QED) is 0.205. The van der Waals surface area contributed by atoms with Crippen LogP contribution in [0.15, 0.2) is 146 Å². The standard InChI is InChI=1S/C42H30N4/c1-42(2)35-17-6-3-16-34(35)40-38(42)39(44-41(45-40)28-22-20-27(21-23-28)30-12-10-24-43-26-30)29-11-9-13-31(25-29)46-36-18-7-4-14-32(36)33-15-5-8-19-37(33)46/h3-26H,1-2H3. The first kappa shape index (κ1) is 26.5. The van der Waals surface area contributed by atoms with E-state index in [2.05, 4.69) is 151 Å². The number of benzene rings is 5. The molecule has 0 atom stereocenters. The predicted molar refractivity (Wildman–Crippen MR) is 188 cm³/mol. The van der Waals surface area contributed by atoms with E-state index in [0.717, 1.165) is 45.2 Å². The van der Waals surface area contributed by atoms with Crippen LogP contribution in [0.4, 0.5) is 0 Å². The molecule has 1 aliphatic carbocycles. The maximum absolute atomic E-state index is 5.38. The van der Waals surface area contributed by atoms with Crippen molar-refractivity contribution in [1.82, 2.24) is 19.5 Å². The van der Waals surface area contributed by atoms with Crippen LogP contribution < -0.4 is 0 Å². The zero-order valence-corrected chi connectivity index (χ0v) is 25.6. The molecule has 0 unspecified atom stereocenters. The number of fused-ring (bicyclic) bond motifs is 6. The molecule has 46 heavy (non-hydrogen) atoms. The van der Waals surface area contributed by atoms with E-state index in [1.54, 1.807) is 6.20 Å². The Morgan fingerprint density at radius 3 is 1.93 bits per heavy atom. The smallest absolute Gasteiger partial charge is 0.160 e. The molecule has 0 radical (unpaired) electrons. The van der Waals surface area contributed by atoms with Gasteiger partial charge >= 0.3 is 0 Å². The SMILES string of the molecule is CC1(C)c2ccccc2-c2nc(-c3ccc(-c4cccnc4)cc3)nc(-c3cccc(-n4c5ccccc5c5ccccc54)c3)c21. The summed E-state index contributed by atoms with van der Waals surface area (Å²) in [5.41, 5.74) is 13.1. The van der Waals surface area contributed by atoms with Crippen molar-refractivity contribution in [2.75, 3.05) is 0 Å². The normalized spacial score (nSPS) is 13.2. The number of hydrogen-bond donors (Lipinski definition) is 0. The largest absolute Gasteiger partial charge is 0.309 e. The van der Waals surface area contributed by atoms with Crippen LogP contribution in [0.1, 0.15) is 25.0 Å². The number of aromatic nitrogens is 4. The molecule has 0 fully saturated rings. The van der Waals surface area contributed by atoms with E-state index in [0.29, 0.717) is 0 Å². The zero-order chi connectivity index (χ0) is 30.8. The van der Waals surface area contributed by atoms with Gasteiger partial charge in [0.1, 0.15) is 0 Å². The highest BCUT2D eigenvalue weighted by molar-refractivity contribution is 6.09. The van der Waals surface area contributed by atoms with Gasteiger partial charge in [0.15, 0.2) is 5.82 Å². The van der Waals surface area contributed by atoms with E-state index < -0.39 is 0 Å². The van der Waals surface area contributed by atoms with Gasteiger partial charge in [0, 0.05) is 56.5 Å². The minimum absolute atomic E-state index is 0.257. The summed E-state index contributed by atoms with van der Waals surface area (Å²) in [6.45, 7) is 4.59. The van der Waals surface area contributed by atoms with Gasteiger partial charge in [0.2, 0.25) is 0 Å². The van der Waals surface area contributed by atoms with Crippen molar-refractivity contribution in [3.8, 4) is 50.7 Å². The molecule has 0 spiro atoms. The van der Waals surface area contributed by atoms with Gasteiger partial charge in [0.05, 0.1) is 22.4 Å². The molecule has 0 saturated heterocycles. The van der Waals surface area contributed by atoms with Crippen LogP contribution in [-0.4, -0.2) is 19.5 Å². The first-order valence-electron chi connectivity index (χ1n) is 15.7. The molecule has 9 rings (SSSR count). The van der Waals surface area contributed by atoms with E-state index in [4.69, 9.17) is 9.97 Å². The summed E-state index contributed by atoms with van der Waals surface area (Å²) in [6, 6.07) is 47.3. The molecule has 0 amide bonds. The Morgan fingerprint density at radius 1 is 0.543 bits per heavy atom. The Bertz CT molecular complexity index is 2380. The average Bonchev–Trinajstić information content (AvgIpc) is 3.57. The van der Waals surface area contributed by atoms with Crippen LogP contribution in [-0.2, 0) is 5.41 Å². The first-order valence-corrected chi connectivity index (χ1v) is 15.7. The summed E-state index contributed by atoms with van der Waals surface area (Å²) in [5, 5.41) is 2.50. The van der Waals surface area contributed by atoms with Crippen molar-refractivity contribution >= 4 is 21.8 Å². The van der Waals surface area contributed by atoms with Crippen molar-refractivity contribution in [3.63, 3.8) is 0 Å². The minimum atomic E-state index is -0.257. The van der Waals surface area contributed by atoms with Crippen LogP contribution in [0, 0.1) is 0 Å². The third kappa shape index (κ3) is 3.97. The van der Waals surface area contributed by atoms with Crippen LogP contribution in [0.2, 0.25) is 0 Å². The van der Waals surface area contributed by atoms with Gasteiger partial charge in [-0.05, 0) is 47.0 Å². The number of para-hydroxylation sites is 2. The van der Waals surface area contributed by atoms with Crippen molar-refractivity contribution in [1.29, 1.82) is 0 Å². The number of nitrogens with zero attached hydrogens (tertiary/aromatic N) is 4. The van der Waals surface area contributed by atoms with Gasteiger partial charge in [-0.1, -0.05) is 117 Å². The fourth-order valence-corrected chi connectivity index (χ4v) is 7.29. The third-order valence-electron chi connectivity index (χ3n) is 9.49. The first-order chi connectivity index (χ1) is 22.6. The molecule has 8 aromatic rings. The maximum atomic E-state index is 5.38. The second kappa shape index (κ2) is 10.1. The highest BCUT2D eigenvalue weighted by Gasteiger charge is 2.40. The van der Waals surface area contributed by atoms with E-state index in [-0.39, 0.29) is 5.41 Å². The van der Waals surface area contributed by atoms with Gasteiger partial charge in [-0.3, -0.25) is 4.98 Å². The molecule has 0 N–H and O–H groups in total.